The van der Waals surface area contributed by atoms with Crippen LogP contribution in [0.25, 0.3) is 0 Å². The third-order valence-electron chi connectivity index (χ3n) is 2.10. The van der Waals surface area contributed by atoms with Crippen molar-refractivity contribution >= 4 is 16.0 Å². The molecule has 0 bridgehead atoms. The summed E-state index contributed by atoms with van der Waals surface area (Å²) in [5.74, 6) is -0.627. The van der Waals surface area contributed by atoms with E-state index in [2.05, 4.69) is 5.32 Å². The predicted octanol–water partition coefficient (Wildman–Crippen LogP) is -2.72. The maximum Gasteiger partial charge on any atom is 1.00 e. The zero-order valence-corrected chi connectivity index (χ0v) is 13.1. The second-order valence-corrected chi connectivity index (χ2v) is 5.15. The summed E-state index contributed by atoms with van der Waals surface area (Å²) in [6.07, 6.45) is 0.400. The maximum absolute atomic E-state index is 11.4. The predicted molar refractivity (Wildman–Crippen MR) is 62.3 cm³/mol. The van der Waals surface area contributed by atoms with Crippen molar-refractivity contribution in [2.75, 3.05) is 12.3 Å². The van der Waals surface area contributed by atoms with Crippen LogP contribution in [0.3, 0.4) is 0 Å². The van der Waals surface area contributed by atoms with Crippen molar-refractivity contribution in [2.45, 2.75) is 12.8 Å². The molecule has 1 aromatic carbocycles. The maximum atomic E-state index is 11.4. The molecule has 5 nitrogen and oxygen atoms in total. The first-order valence-electron chi connectivity index (χ1n) is 5.21. The van der Waals surface area contributed by atoms with E-state index in [1.54, 1.807) is 0 Å². The van der Waals surface area contributed by atoms with Gasteiger partial charge in [0.15, 0.2) is 0 Å². The van der Waals surface area contributed by atoms with Crippen LogP contribution in [0.4, 0.5) is 0 Å². The fourth-order valence-corrected chi connectivity index (χ4v) is 1.82. The van der Waals surface area contributed by atoms with Gasteiger partial charge in [0.2, 0.25) is 5.91 Å². The van der Waals surface area contributed by atoms with Crippen LogP contribution >= 0.6 is 0 Å². The Kier molecular flexibility index (Phi) is 8.47. The van der Waals surface area contributed by atoms with Crippen LogP contribution in [-0.2, 0) is 21.3 Å². The number of rotatable bonds is 6. The van der Waals surface area contributed by atoms with Gasteiger partial charge in [0.25, 0.3) is 0 Å². The number of hydrogen-bond acceptors (Lipinski definition) is 4. The fourth-order valence-electron chi connectivity index (χ4n) is 1.32. The summed E-state index contributed by atoms with van der Waals surface area (Å²) in [5.41, 5.74) is 0.890. The molecule has 0 aliphatic rings. The van der Waals surface area contributed by atoms with Crippen molar-refractivity contribution in [3.05, 3.63) is 35.9 Å². The number of benzene rings is 1. The van der Waals surface area contributed by atoms with Crippen molar-refractivity contribution < 1.29 is 47.3 Å². The van der Waals surface area contributed by atoms with Gasteiger partial charge in [0.05, 0.1) is 16.5 Å². The van der Waals surface area contributed by atoms with Gasteiger partial charge in [-0.3, -0.25) is 4.79 Å². The molecule has 0 fully saturated rings. The molecule has 0 saturated carbocycles. The first-order chi connectivity index (χ1) is 7.97. The minimum Gasteiger partial charge on any atom is -0.748 e. The number of carbonyl (C=O) groups excluding carboxylic acids is 1. The second kappa shape index (κ2) is 8.66. The molecular formula is C11H14NNaO4S. The molecule has 18 heavy (non-hydrogen) atoms. The van der Waals surface area contributed by atoms with E-state index in [1.807, 2.05) is 30.3 Å². The third-order valence-corrected chi connectivity index (χ3v) is 2.89. The summed E-state index contributed by atoms with van der Waals surface area (Å²) in [7, 11) is -4.18. The molecular weight excluding hydrogens is 265 g/mol. The summed E-state index contributed by atoms with van der Waals surface area (Å²) in [4.78, 5) is 11.4. The molecule has 0 saturated heterocycles. The van der Waals surface area contributed by atoms with Crippen LogP contribution in [0.1, 0.15) is 12.0 Å². The minimum absolute atomic E-state index is 0. The summed E-state index contributed by atoms with van der Waals surface area (Å²) < 4.78 is 30.9. The normalized spacial score (nSPS) is 10.5. The van der Waals surface area contributed by atoms with Crippen LogP contribution < -0.4 is 34.9 Å². The monoisotopic (exact) mass is 279 g/mol. The molecule has 0 aliphatic carbocycles. The van der Waals surface area contributed by atoms with E-state index in [9.17, 15) is 17.8 Å². The molecule has 1 rings (SSSR count). The molecule has 0 unspecified atom stereocenters. The van der Waals surface area contributed by atoms with Crippen molar-refractivity contribution in [3.63, 3.8) is 0 Å². The molecule has 1 N–H and O–H groups in total. The van der Waals surface area contributed by atoms with E-state index in [0.29, 0.717) is 0 Å². The van der Waals surface area contributed by atoms with Crippen LogP contribution in [0, 0.1) is 0 Å². The van der Waals surface area contributed by atoms with Crippen molar-refractivity contribution in [3.8, 4) is 0 Å². The van der Waals surface area contributed by atoms with Gasteiger partial charge in [-0.15, -0.1) is 0 Å². The molecule has 0 heterocycles. The van der Waals surface area contributed by atoms with Crippen molar-refractivity contribution in [1.82, 2.24) is 5.32 Å². The van der Waals surface area contributed by atoms with Gasteiger partial charge in [-0.1, -0.05) is 30.3 Å². The van der Waals surface area contributed by atoms with Crippen LogP contribution in [0.5, 0.6) is 0 Å². The van der Waals surface area contributed by atoms with Crippen LogP contribution in [-0.4, -0.2) is 31.2 Å². The molecule has 0 atom stereocenters. The van der Waals surface area contributed by atoms with Gasteiger partial charge in [-0.05, 0) is 12.0 Å². The number of nitrogens with one attached hydrogen (secondary N) is 1. The van der Waals surface area contributed by atoms with Gasteiger partial charge >= 0.3 is 29.6 Å². The zero-order valence-electron chi connectivity index (χ0n) is 10.3. The Morgan fingerprint density at radius 1 is 1.22 bits per heavy atom. The average molecular weight is 279 g/mol. The zero-order chi connectivity index (χ0) is 12.7. The van der Waals surface area contributed by atoms with Gasteiger partial charge in [-0.2, -0.15) is 0 Å². The standard InChI is InChI=1S/C11H15NO4S.Na/c13-11(9-10-5-2-1-3-6-10)12-7-4-8-17(14,15)16;/h1-3,5-6H,4,7-9H2,(H,12,13)(H,14,15,16);/q;+1/p-1. The molecule has 0 aliphatic heterocycles. The molecule has 0 radical (unpaired) electrons. The minimum atomic E-state index is -4.18. The van der Waals surface area contributed by atoms with E-state index >= 15 is 0 Å². The Bertz CT molecular complexity index is 461. The van der Waals surface area contributed by atoms with E-state index in [0.717, 1.165) is 5.56 Å². The van der Waals surface area contributed by atoms with Gasteiger partial charge in [0, 0.05) is 12.3 Å². The van der Waals surface area contributed by atoms with Crippen LogP contribution in [0.2, 0.25) is 0 Å². The number of carbonyl (C=O) groups is 1. The summed E-state index contributed by atoms with van der Waals surface area (Å²) in [6.45, 7) is 0.202. The van der Waals surface area contributed by atoms with E-state index in [4.69, 9.17) is 0 Å². The quantitative estimate of drug-likeness (QED) is 0.348. The number of amides is 1. The van der Waals surface area contributed by atoms with Crippen LogP contribution in [0.15, 0.2) is 30.3 Å². The smallest absolute Gasteiger partial charge is 0.748 e. The Morgan fingerprint density at radius 2 is 1.83 bits per heavy atom. The summed E-state index contributed by atoms with van der Waals surface area (Å²) >= 11 is 0. The Balaban J connectivity index is 0.00000289. The molecule has 0 spiro atoms. The Labute approximate surface area is 129 Å². The van der Waals surface area contributed by atoms with Gasteiger partial charge in [0.1, 0.15) is 0 Å². The first-order valence-corrected chi connectivity index (χ1v) is 6.79. The largest absolute Gasteiger partial charge is 1.00 e. The fraction of sp³-hybridized carbons (Fsp3) is 0.364. The third kappa shape index (κ3) is 8.66. The SMILES string of the molecule is O=C(Cc1ccccc1)NCCCS(=O)(=O)[O-].[Na+]. The van der Waals surface area contributed by atoms with E-state index < -0.39 is 15.9 Å². The molecule has 0 aromatic heterocycles. The topological polar surface area (TPSA) is 86.3 Å². The number of hydrogen-bond donors (Lipinski definition) is 1. The Morgan fingerprint density at radius 3 is 2.39 bits per heavy atom. The second-order valence-electron chi connectivity index (χ2n) is 3.63. The summed E-state index contributed by atoms with van der Waals surface area (Å²) in [6, 6.07) is 9.21. The van der Waals surface area contributed by atoms with Gasteiger partial charge < -0.3 is 9.87 Å². The van der Waals surface area contributed by atoms with Crippen molar-refractivity contribution in [2.24, 2.45) is 0 Å². The molecule has 1 aromatic rings. The van der Waals surface area contributed by atoms with Crippen molar-refractivity contribution in [1.29, 1.82) is 0 Å². The Hall–Kier alpha value is -0.400. The first kappa shape index (κ1) is 17.6. The van der Waals surface area contributed by atoms with E-state index in [-0.39, 0.29) is 54.9 Å². The molecule has 7 heteroatoms. The molecule has 1 amide bonds. The summed E-state index contributed by atoms with van der Waals surface area (Å²) in [5, 5.41) is 2.56. The van der Waals surface area contributed by atoms with E-state index in [1.165, 1.54) is 0 Å². The van der Waals surface area contributed by atoms with Gasteiger partial charge in [-0.25, -0.2) is 8.42 Å². The molecule has 94 valence electrons. The average Bonchev–Trinajstić information content (AvgIpc) is 2.25.